The summed E-state index contributed by atoms with van der Waals surface area (Å²) in [6, 6.07) is 0. The average Bonchev–Trinajstić information content (AvgIpc) is 2.88. The molecule has 5 aliphatic rings. The van der Waals surface area contributed by atoms with Crippen molar-refractivity contribution in [2.45, 2.75) is 86.5 Å². The van der Waals surface area contributed by atoms with E-state index in [9.17, 15) is 24.3 Å². The maximum Gasteiger partial charge on any atom is 0.312 e. The number of halogens is 1. The Kier molecular flexibility index (Phi) is 6.34. The molecule has 0 aromatic rings. The third-order valence-electron chi connectivity index (χ3n) is 12.8. The lowest BCUT2D eigenvalue weighted by molar-refractivity contribution is -0.192. The standard InChI is InChI=1S/C32H43ClO6/c1-27(2)10-12-32(26(38)39-7)13-11-30(5)23(19(32)15-27)20(35)14-22-29(30,4)9-8-21-28(3,17-34)24(36)18(16-33)25(37)31(21,22)6/h14,16,19,21,23,34H,8-13,15,17H2,1-7H3/t19-,21-,23-,28+,29+,30+,31-,32-/m0/s1. The van der Waals surface area contributed by atoms with Gasteiger partial charge in [-0.15, -0.1) is 0 Å². The molecule has 1 N–H and O–H groups in total. The fourth-order valence-electron chi connectivity index (χ4n) is 10.3. The first-order valence-electron chi connectivity index (χ1n) is 14.4. The van der Waals surface area contributed by atoms with Crippen molar-refractivity contribution in [3.63, 3.8) is 0 Å². The Morgan fingerprint density at radius 1 is 1.03 bits per heavy atom. The van der Waals surface area contributed by atoms with Crippen LogP contribution in [-0.2, 0) is 23.9 Å². The van der Waals surface area contributed by atoms with E-state index in [4.69, 9.17) is 16.3 Å². The monoisotopic (exact) mass is 558 g/mol. The summed E-state index contributed by atoms with van der Waals surface area (Å²) < 4.78 is 5.38. The van der Waals surface area contributed by atoms with Crippen LogP contribution in [-0.4, -0.2) is 42.1 Å². The van der Waals surface area contributed by atoms with Crippen LogP contribution >= 0.6 is 11.6 Å². The molecule has 0 unspecified atom stereocenters. The highest BCUT2D eigenvalue weighted by Crippen LogP contribution is 2.74. The van der Waals surface area contributed by atoms with Crippen LogP contribution in [0.3, 0.4) is 0 Å². The number of ketones is 3. The minimum absolute atomic E-state index is 0.00205. The van der Waals surface area contributed by atoms with Gasteiger partial charge in [0.15, 0.2) is 17.3 Å². The van der Waals surface area contributed by atoms with Crippen LogP contribution in [0, 0.1) is 50.2 Å². The first kappa shape index (κ1) is 28.7. The summed E-state index contributed by atoms with van der Waals surface area (Å²) >= 11 is 6.07. The molecule has 8 atom stereocenters. The van der Waals surface area contributed by atoms with Crippen LogP contribution in [0.25, 0.3) is 0 Å². The second-order valence-electron chi connectivity index (χ2n) is 14.9. The van der Waals surface area contributed by atoms with Crippen molar-refractivity contribution in [2.75, 3.05) is 13.7 Å². The molecule has 0 amide bonds. The molecular weight excluding hydrogens is 516 g/mol. The second-order valence-corrected chi connectivity index (χ2v) is 15.1. The highest BCUT2D eigenvalue weighted by molar-refractivity contribution is 6.36. The van der Waals surface area contributed by atoms with E-state index in [0.717, 1.165) is 23.9 Å². The van der Waals surface area contributed by atoms with Gasteiger partial charge in [0, 0.05) is 11.5 Å². The van der Waals surface area contributed by atoms with Crippen molar-refractivity contribution in [1.82, 2.24) is 0 Å². The number of allylic oxidation sites excluding steroid dienone is 3. The minimum atomic E-state index is -1.17. The molecule has 4 fully saturated rings. The lowest BCUT2D eigenvalue weighted by Gasteiger charge is -2.69. The lowest BCUT2D eigenvalue weighted by atomic mass is 9.33. The maximum absolute atomic E-state index is 14.4. The second kappa shape index (κ2) is 8.61. The quantitative estimate of drug-likeness (QED) is 0.269. The fraction of sp³-hybridized carbons (Fsp3) is 0.750. The van der Waals surface area contributed by atoms with Crippen molar-refractivity contribution < 1.29 is 29.0 Å². The molecule has 0 bridgehead atoms. The zero-order chi connectivity index (χ0) is 29.0. The third kappa shape index (κ3) is 3.31. The number of hydrogen-bond acceptors (Lipinski definition) is 6. The predicted octanol–water partition coefficient (Wildman–Crippen LogP) is 5.59. The summed E-state index contributed by atoms with van der Waals surface area (Å²) in [6.07, 6.45) is 6.67. The third-order valence-corrected chi connectivity index (χ3v) is 13.0. The average molecular weight is 559 g/mol. The summed E-state index contributed by atoms with van der Waals surface area (Å²) in [7, 11) is 1.45. The Hall–Kier alpha value is -1.79. The van der Waals surface area contributed by atoms with Gasteiger partial charge in [-0.3, -0.25) is 19.2 Å². The van der Waals surface area contributed by atoms with E-state index in [1.54, 1.807) is 13.0 Å². The molecule has 6 nitrogen and oxygen atoms in total. The molecule has 0 aromatic heterocycles. The number of Topliss-reactive ketones (excluding diaryl/α,β-unsaturated/α-hetero) is 2. The number of aliphatic hydroxyl groups is 1. The van der Waals surface area contributed by atoms with Crippen LogP contribution in [0.2, 0.25) is 0 Å². The Labute approximate surface area is 237 Å². The topological polar surface area (TPSA) is 97.7 Å². The van der Waals surface area contributed by atoms with Crippen molar-refractivity contribution in [3.8, 4) is 0 Å². The lowest BCUT2D eigenvalue weighted by Crippen LogP contribution is -2.68. The number of carbonyl (C=O) groups is 4. The van der Waals surface area contributed by atoms with Gasteiger partial charge in [-0.05, 0) is 98.5 Å². The Balaban J connectivity index is 1.72. The number of ether oxygens (including phenoxy) is 1. The van der Waals surface area contributed by atoms with Gasteiger partial charge in [0.2, 0.25) is 0 Å². The van der Waals surface area contributed by atoms with Gasteiger partial charge in [-0.25, -0.2) is 0 Å². The fourth-order valence-corrected chi connectivity index (χ4v) is 10.5. The molecule has 39 heavy (non-hydrogen) atoms. The van der Waals surface area contributed by atoms with Crippen molar-refractivity contribution in [1.29, 1.82) is 0 Å². The molecule has 5 aliphatic carbocycles. The van der Waals surface area contributed by atoms with Crippen LogP contribution in [0.15, 0.2) is 22.8 Å². The van der Waals surface area contributed by atoms with Crippen LogP contribution in [0.5, 0.6) is 0 Å². The Morgan fingerprint density at radius 3 is 2.26 bits per heavy atom. The predicted molar refractivity (Wildman–Crippen MR) is 148 cm³/mol. The first-order chi connectivity index (χ1) is 18.0. The van der Waals surface area contributed by atoms with E-state index in [0.29, 0.717) is 32.1 Å². The van der Waals surface area contributed by atoms with E-state index in [1.165, 1.54) is 7.11 Å². The molecular formula is C32H43ClO6. The van der Waals surface area contributed by atoms with Crippen LogP contribution in [0.4, 0.5) is 0 Å². The number of fused-ring (bicyclic) bond motifs is 7. The Bertz CT molecular complexity index is 1230. The largest absolute Gasteiger partial charge is 0.469 e. The van der Waals surface area contributed by atoms with E-state index in [1.807, 2.05) is 6.92 Å². The molecule has 0 aliphatic heterocycles. The number of esters is 1. The van der Waals surface area contributed by atoms with Gasteiger partial charge in [0.05, 0.1) is 35.5 Å². The summed E-state index contributed by atoms with van der Waals surface area (Å²) in [5.74, 6) is -1.98. The SMILES string of the molecule is COC(=O)[C@]12CCC(C)(C)C[C@H]1[C@H]1C(=O)C=C3[C@@]4(C)C(=O)C(=CCl)C(=O)[C@](C)(CO)[C@@H]4CC[C@@]3(C)[C@]1(C)CC2. The molecule has 0 radical (unpaired) electrons. The van der Waals surface area contributed by atoms with Gasteiger partial charge in [-0.1, -0.05) is 39.3 Å². The molecule has 0 spiro atoms. The molecule has 4 saturated carbocycles. The van der Waals surface area contributed by atoms with Gasteiger partial charge in [0.25, 0.3) is 0 Å². The number of aliphatic hydroxyl groups excluding tert-OH is 1. The normalized spacial score (nSPS) is 47.9. The van der Waals surface area contributed by atoms with Gasteiger partial charge in [-0.2, -0.15) is 0 Å². The summed E-state index contributed by atoms with van der Waals surface area (Å²) in [4.78, 5) is 55.3. The summed E-state index contributed by atoms with van der Waals surface area (Å²) in [5, 5.41) is 10.5. The van der Waals surface area contributed by atoms with E-state index in [-0.39, 0.29) is 40.4 Å². The van der Waals surface area contributed by atoms with E-state index >= 15 is 0 Å². The zero-order valence-electron chi connectivity index (χ0n) is 24.4. The summed E-state index contributed by atoms with van der Waals surface area (Å²) in [6.45, 7) is 12.0. The zero-order valence-corrected chi connectivity index (χ0v) is 25.2. The molecule has 0 heterocycles. The van der Waals surface area contributed by atoms with E-state index < -0.39 is 45.4 Å². The van der Waals surface area contributed by atoms with Crippen molar-refractivity contribution in [2.24, 2.45) is 50.2 Å². The molecule has 214 valence electrons. The highest BCUT2D eigenvalue weighted by atomic mass is 35.5. The first-order valence-corrected chi connectivity index (χ1v) is 14.8. The van der Waals surface area contributed by atoms with Crippen LogP contribution < -0.4 is 0 Å². The number of methoxy groups -OCH3 is 1. The number of carbonyl (C=O) groups excluding carboxylic acids is 4. The van der Waals surface area contributed by atoms with Crippen molar-refractivity contribution in [3.05, 3.63) is 22.8 Å². The van der Waals surface area contributed by atoms with Gasteiger partial charge < -0.3 is 9.84 Å². The van der Waals surface area contributed by atoms with Crippen LogP contribution in [0.1, 0.15) is 86.5 Å². The van der Waals surface area contributed by atoms with Gasteiger partial charge >= 0.3 is 5.97 Å². The molecule has 0 aromatic carbocycles. The smallest absolute Gasteiger partial charge is 0.312 e. The van der Waals surface area contributed by atoms with E-state index in [2.05, 4.69) is 27.7 Å². The summed E-state index contributed by atoms with van der Waals surface area (Å²) in [5.41, 5.74) is -2.27. The molecule has 5 rings (SSSR count). The number of hydrogen-bond donors (Lipinski definition) is 1. The van der Waals surface area contributed by atoms with Crippen molar-refractivity contribution >= 4 is 34.9 Å². The highest BCUT2D eigenvalue weighted by Gasteiger charge is 2.73. The maximum atomic E-state index is 14.4. The molecule has 7 heteroatoms. The van der Waals surface area contributed by atoms with Gasteiger partial charge in [0.1, 0.15) is 0 Å². The molecule has 0 saturated heterocycles. The number of rotatable bonds is 2. The minimum Gasteiger partial charge on any atom is -0.469 e. The Morgan fingerprint density at radius 2 is 1.67 bits per heavy atom.